The molecule has 7 heteroatoms. The molecular formula is C22H29IN4O2. The molecule has 2 unspecified atom stereocenters. The molecule has 156 valence electrons. The van der Waals surface area contributed by atoms with E-state index in [0.29, 0.717) is 13.1 Å². The molecule has 2 heterocycles. The van der Waals surface area contributed by atoms with Crippen LogP contribution in [0, 0.1) is 11.8 Å². The van der Waals surface area contributed by atoms with E-state index in [9.17, 15) is 4.79 Å². The Kier molecular flexibility index (Phi) is 8.88. The Morgan fingerprint density at radius 2 is 2.10 bits per heavy atom. The van der Waals surface area contributed by atoms with Crippen molar-refractivity contribution in [2.75, 3.05) is 26.7 Å². The maximum atomic E-state index is 12.0. The number of carbonyl (C=O) groups excluding carboxylic acids is 1. The summed E-state index contributed by atoms with van der Waals surface area (Å²) in [6, 6.07) is 14.2. The maximum Gasteiger partial charge on any atom is 0.310 e. The van der Waals surface area contributed by atoms with Gasteiger partial charge in [-0.3, -0.25) is 9.78 Å². The number of ether oxygens (including phenoxy) is 1. The standard InChI is InChI=1S/C22H28N4O2.HI/c1-4-23-22(26-14-16(2)19(15-26)21(27)28-3)25-13-17-8-7-9-18(12-17)20-10-5-6-11-24-20;/h5-12,16,19H,4,13-15H2,1-3H3,(H,23,25);1H. The van der Waals surface area contributed by atoms with Crippen LogP contribution in [0.25, 0.3) is 11.3 Å². The quantitative estimate of drug-likeness (QED) is 0.290. The lowest BCUT2D eigenvalue weighted by Gasteiger charge is -2.21. The van der Waals surface area contributed by atoms with Gasteiger partial charge in [0.2, 0.25) is 0 Å². The third kappa shape index (κ3) is 5.91. The normalized spacial score (nSPS) is 18.9. The average Bonchev–Trinajstić information content (AvgIpc) is 3.13. The van der Waals surface area contributed by atoms with Crippen molar-refractivity contribution in [1.82, 2.24) is 15.2 Å². The van der Waals surface area contributed by atoms with Gasteiger partial charge in [0.05, 0.1) is 25.3 Å². The number of aromatic nitrogens is 1. The lowest BCUT2D eigenvalue weighted by Crippen LogP contribution is -2.40. The van der Waals surface area contributed by atoms with Gasteiger partial charge in [0, 0.05) is 31.4 Å². The number of aliphatic imine (C=N–C) groups is 1. The van der Waals surface area contributed by atoms with Crippen molar-refractivity contribution in [3.8, 4) is 11.3 Å². The number of guanidine groups is 1. The Morgan fingerprint density at radius 3 is 2.79 bits per heavy atom. The van der Waals surface area contributed by atoms with Gasteiger partial charge < -0.3 is 15.0 Å². The summed E-state index contributed by atoms with van der Waals surface area (Å²) in [5, 5.41) is 3.35. The highest BCUT2D eigenvalue weighted by molar-refractivity contribution is 14.0. The molecule has 0 bridgehead atoms. The van der Waals surface area contributed by atoms with E-state index in [1.54, 1.807) is 6.20 Å². The molecule has 1 saturated heterocycles. The van der Waals surface area contributed by atoms with Crippen molar-refractivity contribution in [2.24, 2.45) is 16.8 Å². The molecule has 0 aliphatic carbocycles. The molecule has 0 amide bonds. The number of rotatable bonds is 5. The highest BCUT2D eigenvalue weighted by atomic mass is 127. The minimum absolute atomic E-state index is 0. The van der Waals surface area contributed by atoms with Crippen LogP contribution in [0.5, 0.6) is 0 Å². The maximum absolute atomic E-state index is 12.0. The van der Waals surface area contributed by atoms with Crippen molar-refractivity contribution >= 4 is 35.9 Å². The van der Waals surface area contributed by atoms with Crippen LogP contribution in [0.15, 0.2) is 53.7 Å². The SMILES string of the molecule is CCNC(=NCc1cccc(-c2ccccn2)c1)N1CC(C)C(C(=O)OC)C1.I. The van der Waals surface area contributed by atoms with E-state index in [2.05, 4.69) is 47.2 Å². The molecule has 29 heavy (non-hydrogen) atoms. The van der Waals surface area contributed by atoms with Crippen LogP contribution in [0.3, 0.4) is 0 Å². The second-order valence-corrected chi connectivity index (χ2v) is 7.10. The molecule has 1 aromatic heterocycles. The topological polar surface area (TPSA) is 66.8 Å². The van der Waals surface area contributed by atoms with Gasteiger partial charge in [-0.2, -0.15) is 0 Å². The van der Waals surface area contributed by atoms with E-state index in [1.807, 2.05) is 24.3 Å². The Bertz CT molecular complexity index is 829. The van der Waals surface area contributed by atoms with Crippen LogP contribution >= 0.6 is 24.0 Å². The van der Waals surface area contributed by atoms with Crippen molar-refractivity contribution in [2.45, 2.75) is 20.4 Å². The van der Waals surface area contributed by atoms with E-state index >= 15 is 0 Å². The fourth-order valence-corrected chi connectivity index (χ4v) is 3.55. The first-order valence-electron chi connectivity index (χ1n) is 9.73. The van der Waals surface area contributed by atoms with Crippen molar-refractivity contribution < 1.29 is 9.53 Å². The lowest BCUT2D eigenvalue weighted by molar-refractivity contribution is -0.145. The lowest BCUT2D eigenvalue weighted by atomic mass is 9.99. The van der Waals surface area contributed by atoms with Gasteiger partial charge >= 0.3 is 5.97 Å². The Hall–Kier alpha value is -2.16. The highest BCUT2D eigenvalue weighted by Crippen LogP contribution is 2.24. The Labute approximate surface area is 189 Å². The number of halogens is 1. The molecule has 0 spiro atoms. The summed E-state index contributed by atoms with van der Waals surface area (Å²) in [6.07, 6.45) is 1.80. The number of carbonyl (C=O) groups is 1. The van der Waals surface area contributed by atoms with Gasteiger partial charge in [0.25, 0.3) is 0 Å². The molecule has 1 N–H and O–H groups in total. The molecule has 2 aromatic rings. The molecular weight excluding hydrogens is 479 g/mol. The minimum atomic E-state index is -0.145. The van der Waals surface area contributed by atoms with Gasteiger partial charge in [0.1, 0.15) is 0 Å². The first-order valence-corrected chi connectivity index (χ1v) is 9.73. The van der Waals surface area contributed by atoms with Crippen molar-refractivity contribution in [3.63, 3.8) is 0 Å². The monoisotopic (exact) mass is 508 g/mol. The van der Waals surface area contributed by atoms with Gasteiger partial charge in [-0.15, -0.1) is 24.0 Å². The largest absolute Gasteiger partial charge is 0.469 e. The van der Waals surface area contributed by atoms with Crippen LogP contribution < -0.4 is 5.32 Å². The number of nitrogens with zero attached hydrogens (tertiary/aromatic N) is 3. The molecule has 2 atom stereocenters. The molecule has 1 aliphatic rings. The van der Waals surface area contributed by atoms with E-state index in [-0.39, 0.29) is 41.8 Å². The average molecular weight is 508 g/mol. The summed E-state index contributed by atoms with van der Waals surface area (Å²) < 4.78 is 4.95. The second-order valence-electron chi connectivity index (χ2n) is 7.10. The summed E-state index contributed by atoms with van der Waals surface area (Å²) in [6.45, 7) is 6.90. The zero-order valence-electron chi connectivity index (χ0n) is 17.2. The number of likely N-dealkylation sites (tertiary alicyclic amines) is 1. The van der Waals surface area contributed by atoms with E-state index < -0.39 is 0 Å². The fraction of sp³-hybridized carbons (Fsp3) is 0.409. The summed E-state index contributed by atoms with van der Waals surface area (Å²) in [5.74, 6) is 0.822. The summed E-state index contributed by atoms with van der Waals surface area (Å²) >= 11 is 0. The van der Waals surface area contributed by atoms with Gasteiger partial charge in [-0.1, -0.05) is 31.2 Å². The van der Waals surface area contributed by atoms with Crippen molar-refractivity contribution in [3.05, 3.63) is 54.2 Å². The van der Waals surface area contributed by atoms with Gasteiger partial charge in [0.15, 0.2) is 5.96 Å². The van der Waals surface area contributed by atoms with Crippen LogP contribution in [-0.4, -0.2) is 48.6 Å². The molecule has 1 aliphatic heterocycles. The zero-order valence-corrected chi connectivity index (χ0v) is 19.5. The highest BCUT2D eigenvalue weighted by Gasteiger charge is 2.36. The minimum Gasteiger partial charge on any atom is -0.469 e. The summed E-state index contributed by atoms with van der Waals surface area (Å²) in [4.78, 5) is 23.4. The molecule has 0 radical (unpaired) electrons. The number of benzene rings is 1. The first-order chi connectivity index (χ1) is 13.6. The molecule has 1 aromatic carbocycles. The van der Waals surface area contributed by atoms with E-state index in [1.165, 1.54) is 7.11 Å². The van der Waals surface area contributed by atoms with Crippen LogP contribution in [0.4, 0.5) is 0 Å². The van der Waals surface area contributed by atoms with E-state index in [0.717, 1.165) is 35.9 Å². The Morgan fingerprint density at radius 1 is 1.28 bits per heavy atom. The van der Waals surface area contributed by atoms with Gasteiger partial charge in [-0.05, 0) is 36.6 Å². The number of hydrogen-bond acceptors (Lipinski definition) is 4. The number of methoxy groups -OCH3 is 1. The summed E-state index contributed by atoms with van der Waals surface area (Å²) in [5.41, 5.74) is 3.16. The fourth-order valence-electron chi connectivity index (χ4n) is 3.55. The number of hydrogen-bond donors (Lipinski definition) is 1. The Balaban J connectivity index is 0.00000300. The predicted molar refractivity (Wildman–Crippen MR) is 126 cm³/mol. The second kappa shape index (κ2) is 11.1. The first kappa shape index (κ1) is 23.1. The predicted octanol–water partition coefficient (Wildman–Crippen LogP) is 3.57. The van der Waals surface area contributed by atoms with Crippen LogP contribution in [-0.2, 0) is 16.1 Å². The third-order valence-corrected chi connectivity index (χ3v) is 5.05. The molecule has 6 nitrogen and oxygen atoms in total. The molecule has 3 rings (SSSR count). The number of esters is 1. The summed E-state index contributed by atoms with van der Waals surface area (Å²) in [7, 11) is 1.45. The third-order valence-electron chi connectivity index (χ3n) is 5.05. The van der Waals surface area contributed by atoms with Crippen molar-refractivity contribution in [1.29, 1.82) is 0 Å². The van der Waals surface area contributed by atoms with E-state index in [4.69, 9.17) is 9.73 Å². The molecule has 0 saturated carbocycles. The van der Waals surface area contributed by atoms with Crippen LogP contribution in [0.1, 0.15) is 19.4 Å². The number of pyridine rings is 1. The van der Waals surface area contributed by atoms with Gasteiger partial charge in [-0.25, -0.2) is 4.99 Å². The number of nitrogens with one attached hydrogen (secondary N) is 1. The molecule has 1 fully saturated rings. The van der Waals surface area contributed by atoms with Crippen LogP contribution in [0.2, 0.25) is 0 Å². The smallest absolute Gasteiger partial charge is 0.310 e. The zero-order chi connectivity index (χ0) is 19.9.